The number of aryl methyl sites for hydroxylation is 1. The Hall–Kier alpha value is -3.60. The number of carboxylic acid groups (broad SMARTS) is 1. The van der Waals surface area contributed by atoms with E-state index in [1.54, 1.807) is 6.07 Å². The molecule has 4 heterocycles. The molecule has 220 valence electrons. The number of anilines is 3. The average molecular weight is 613 g/mol. The molecule has 0 aliphatic carbocycles. The van der Waals surface area contributed by atoms with Gasteiger partial charge in [-0.1, -0.05) is 6.92 Å². The molecule has 5 N–H and O–H groups in total. The van der Waals surface area contributed by atoms with Gasteiger partial charge in [0.1, 0.15) is 10.4 Å². The lowest BCUT2D eigenvalue weighted by atomic mass is 10.0. The van der Waals surface area contributed by atoms with E-state index in [-0.39, 0.29) is 38.9 Å². The standard InChI is InChI=1S/C25H27F3N6O5S2/c1-3-13-8-15(34-11-14(12-34)30-24(36)37)4-5-17(13)31-23-29-10-16(25(26,27)28)20(32-23)18-9-19-21(40-18)22(35)33(2)6-7-41(19,38)39/h4-5,8-10,14,30,38-39H,3,6-7,11-12H2,1-2H3,(H,36,37)(H,29,31,32). The summed E-state index contributed by atoms with van der Waals surface area (Å²) in [6, 6.07) is 6.52. The average Bonchev–Trinajstić information content (AvgIpc) is 3.32. The van der Waals surface area contributed by atoms with Gasteiger partial charge in [0.2, 0.25) is 5.95 Å². The molecule has 2 amide bonds. The van der Waals surface area contributed by atoms with Crippen molar-refractivity contribution in [2.45, 2.75) is 30.5 Å². The van der Waals surface area contributed by atoms with Crippen LogP contribution in [0.4, 0.5) is 35.3 Å². The molecule has 2 aromatic heterocycles. The minimum Gasteiger partial charge on any atom is -0.465 e. The fourth-order valence-electron chi connectivity index (χ4n) is 4.64. The molecule has 3 aromatic rings. The highest BCUT2D eigenvalue weighted by Gasteiger charge is 2.38. The van der Waals surface area contributed by atoms with Crippen LogP contribution in [0.15, 0.2) is 35.4 Å². The van der Waals surface area contributed by atoms with Gasteiger partial charge in [-0.3, -0.25) is 13.9 Å². The number of carbonyl (C=O) groups excluding carboxylic acids is 1. The second-order valence-corrected chi connectivity index (χ2v) is 13.0. The third-order valence-electron chi connectivity index (χ3n) is 6.92. The second kappa shape index (κ2) is 10.7. The summed E-state index contributed by atoms with van der Waals surface area (Å²) in [7, 11) is -1.90. The normalized spacial score (nSPS) is 17.9. The van der Waals surface area contributed by atoms with Crippen LogP contribution in [0.5, 0.6) is 0 Å². The van der Waals surface area contributed by atoms with Crippen molar-refractivity contribution in [2.24, 2.45) is 0 Å². The summed E-state index contributed by atoms with van der Waals surface area (Å²) in [6.45, 7) is 3.05. The summed E-state index contributed by atoms with van der Waals surface area (Å²) in [5, 5.41) is 14.3. The molecule has 0 atom stereocenters. The lowest BCUT2D eigenvalue weighted by molar-refractivity contribution is -0.137. The van der Waals surface area contributed by atoms with Crippen LogP contribution in [0.3, 0.4) is 0 Å². The Morgan fingerprint density at radius 1 is 1.24 bits per heavy atom. The maximum Gasteiger partial charge on any atom is 0.420 e. The van der Waals surface area contributed by atoms with Crippen molar-refractivity contribution in [1.82, 2.24) is 20.2 Å². The molecule has 5 rings (SSSR count). The summed E-state index contributed by atoms with van der Waals surface area (Å²) in [5.41, 5.74) is 0.692. The van der Waals surface area contributed by atoms with E-state index < -0.39 is 40.0 Å². The zero-order chi connectivity index (χ0) is 29.7. The van der Waals surface area contributed by atoms with Crippen LogP contribution in [-0.2, 0) is 12.6 Å². The number of carbonyl (C=O) groups is 2. The zero-order valence-electron chi connectivity index (χ0n) is 21.9. The molecule has 1 saturated heterocycles. The summed E-state index contributed by atoms with van der Waals surface area (Å²) in [6.07, 6.45) is -4.64. The summed E-state index contributed by atoms with van der Waals surface area (Å²) in [5.74, 6) is -0.733. The van der Waals surface area contributed by atoms with Crippen LogP contribution >= 0.6 is 21.9 Å². The fourth-order valence-corrected chi connectivity index (χ4v) is 7.73. The first-order valence-electron chi connectivity index (χ1n) is 12.5. The molecule has 11 nitrogen and oxygen atoms in total. The van der Waals surface area contributed by atoms with Crippen LogP contribution in [-0.4, -0.2) is 79.6 Å². The topological polar surface area (TPSA) is 151 Å². The van der Waals surface area contributed by atoms with E-state index in [9.17, 15) is 31.9 Å². The van der Waals surface area contributed by atoms with Gasteiger partial charge in [0.15, 0.2) is 0 Å². The predicted octanol–water partition coefficient (Wildman–Crippen LogP) is 5.18. The first-order valence-corrected chi connectivity index (χ1v) is 15.0. The largest absolute Gasteiger partial charge is 0.465 e. The molecule has 41 heavy (non-hydrogen) atoms. The summed E-state index contributed by atoms with van der Waals surface area (Å²) >= 11 is 0.731. The highest BCUT2D eigenvalue weighted by molar-refractivity contribution is 8.24. The number of nitrogens with one attached hydrogen (secondary N) is 2. The minimum atomic E-state index is -4.81. The van der Waals surface area contributed by atoms with E-state index in [1.165, 1.54) is 18.0 Å². The van der Waals surface area contributed by atoms with Crippen LogP contribution in [0.1, 0.15) is 27.7 Å². The highest BCUT2D eigenvalue weighted by Crippen LogP contribution is 2.55. The van der Waals surface area contributed by atoms with Gasteiger partial charge in [-0.05, 0) is 36.2 Å². The van der Waals surface area contributed by atoms with E-state index in [0.29, 0.717) is 31.4 Å². The van der Waals surface area contributed by atoms with Crippen molar-refractivity contribution in [3.8, 4) is 10.6 Å². The van der Waals surface area contributed by atoms with Crippen LogP contribution in [0.25, 0.3) is 10.6 Å². The Morgan fingerprint density at radius 3 is 2.63 bits per heavy atom. The van der Waals surface area contributed by atoms with Gasteiger partial charge in [0, 0.05) is 44.3 Å². The Balaban J connectivity index is 1.47. The van der Waals surface area contributed by atoms with Gasteiger partial charge in [-0.25, -0.2) is 14.8 Å². The van der Waals surface area contributed by atoms with Crippen molar-refractivity contribution in [2.75, 3.05) is 42.7 Å². The predicted molar refractivity (Wildman–Crippen MR) is 150 cm³/mol. The van der Waals surface area contributed by atoms with E-state index in [2.05, 4.69) is 20.6 Å². The quantitative estimate of drug-likeness (QED) is 0.254. The molecular formula is C25H27F3N6O5S2. The molecule has 1 fully saturated rings. The fraction of sp³-hybridized carbons (Fsp3) is 0.360. The first-order chi connectivity index (χ1) is 19.3. The smallest absolute Gasteiger partial charge is 0.420 e. The zero-order valence-corrected chi connectivity index (χ0v) is 23.5. The molecule has 0 unspecified atom stereocenters. The van der Waals surface area contributed by atoms with E-state index >= 15 is 0 Å². The van der Waals surface area contributed by atoms with Crippen molar-refractivity contribution in [1.29, 1.82) is 0 Å². The van der Waals surface area contributed by atoms with Crippen molar-refractivity contribution >= 4 is 51.3 Å². The second-order valence-electron chi connectivity index (χ2n) is 9.73. The third kappa shape index (κ3) is 5.77. The molecule has 0 radical (unpaired) electrons. The molecular weight excluding hydrogens is 585 g/mol. The first kappa shape index (κ1) is 28.9. The maximum absolute atomic E-state index is 14.0. The number of thiophene rings is 1. The maximum atomic E-state index is 14.0. The third-order valence-corrected chi connectivity index (χ3v) is 9.96. The van der Waals surface area contributed by atoms with Gasteiger partial charge in [0.05, 0.1) is 27.3 Å². The molecule has 0 bridgehead atoms. The SMILES string of the molecule is CCc1cc(N2CC(NC(=O)O)C2)ccc1Nc1ncc(C(F)(F)F)c(-c2cc3c(s2)C(=O)N(C)CCS3(O)O)n1. The highest BCUT2D eigenvalue weighted by atomic mass is 32.3. The number of fused-ring (bicyclic) bond motifs is 1. The molecule has 2 aliphatic heterocycles. The van der Waals surface area contributed by atoms with E-state index in [4.69, 9.17) is 5.11 Å². The number of nitrogens with zero attached hydrogens (tertiary/aromatic N) is 4. The Labute approximate surface area is 238 Å². The van der Waals surface area contributed by atoms with Gasteiger partial charge >= 0.3 is 12.3 Å². The van der Waals surface area contributed by atoms with Gasteiger partial charge in [-0.2, -0.15) is 23.8 Å². The lowest BCUT2D eigenvalue weighted by Crippen LogP contribution is -2.59. The number of alkyl halides is 3. The molecule has 16 heteroatoms. The molecule has 2 aliphatic rings. The van der Waals surface area contributed by atoms with Gasteiger partial charge in [0.25, 0.3) is 5.91 Å². The number of amides is 2. The summed E-state index contributed by atoms with van der Waals surface area (Å²) in [4.78, 5) is 34.9. The number of hydrogen-bond acceptors (Lipinski definition) is 9. The van der Waals surface area contributed by atoms with Crippen molar-refractivity contribution in [3.63, 3.8) is 0 Å². The molecule has 0 spiro atoms. The van der Waals surface area contributed by atoms with Gasteiger partial charge < -0.3 is 25.5 Å². The van der Waals surface area contributed by atoms with Crippen LogP contribution in [0, 0.1) is 0 Å². The Bertz CT molecular complexity index is 1510. The Kier molecular flexibility index (Phi) is 7.52. The van der Waals surface area contributed by atoms with Crippen LogP contribution in [0.2, 0.25) is 0 Å². The molecule has 1 aromatic carbocycles. The molecule has 0 saturated carbocycles. The van der Waals surface area contributed by atoms with Crippen molar-refractivity contribution in [3.05, 3.63) is 46.5 Å². The Morgan fingerprint density at radius 2 is 1.98 bits per heavy atom. The van der Waals surface area contributed by atoms with Crippen LogP contribution < -0.4 is 15.5 Å². The monoisotopic (exact) mass is 612 g/mol. The number of rotatable bonds is 6. The number of aromatic nitrogens is 2. The van der Waals surface area contributed by atoms with E-state index in [0.717, 1.165) is 22.6 Å². The number of halogens is 3. The lowest BCUT2D eigenvalue weighted by Gasteiger charge is -2.41. The van der Waals surface area contributed by atoms with Gasteiger partial charge in [-0.15, -0.1) is 11.3 Å². The van der Waals surface area contributed by atoms with E-state index in [1.807, 2.05) is 24.0 Å². The summed E-state index contributed by atoms with van der Waals surface area (Å²) < 4.78 is 63.3. The number of hydrogen-bond donors (Lipinski definition) is 5. The minimum absolute atomic E-state index is 0.0307. The number of benzene rings is 1. The van der Waals surface area contributed by atoms with Crippen molar-refractivity contribution < 1.29 is 37.0 Å².